The number of ketones is 1. The van der Waals surface area contributed by atoms with Crippen LogP contribution in [-0.4, -0.2) is 66.5 Å². The molecule has 0 aliphatic carbocycles. The number of aliphatic hydroxyl groups is 1. The standard InChI is InChI=1S/C18H31NO5S/c1-6-15(21)12-14(16(22)19(4)5)13-18(2,3)17(23)24-9-7-10-25-11-8-20/h6,14,20H,1,7-13H2,2-5H3. The molecule has 0 aromatic heterocycles. The first-order chi connectivity index (χ1) is 11.7. The molecular weight excluding hydrogens is 342 g/mol. The summed E-state index contributed by atoms with van der Waals surface area (Å²) in [6.07, 6.45) is 2.18. The molecular formula is C18H31NO5S. The third-order valence-corrected chi connectivity index (χ3v) is 4.72. The molecule has 0 aliphatic heterocycles. The molecule has 1 atom stereocenters. The Morgan fingerprint density at radius 1 is 1.28 bits per heavy atom. The van der Waals surface area contributed by atoms with E-state index in [-0.39, 0.29) is 37.1 Å². The molecule has 0 saturated carbocycles. The van der Waals surface area contributed by atoms with E-state index < -0.39 is 11.3 Å². The van der Waals surface area contributed by atoms with Gasteiger partial charge in [0.1, 0.15) is 0 Å². The van der Waals surface area contributed by atoms with Crippen molar-refractivity contribution in [3.05, 3.63) is 12.7 Å². The number of aliphatic hydroxyl groups excluding tert-OH is 1. The van der Waals surface area contributed by atoms with Gasteiger partial charge < -0.3 is 14.7 Å². The molecule has 0 fully saturated rings. The highest BCUT2D eigenvalue weighted by Crippen LogP contribution is 2.30. The molecule has 1 N–H and O–H groups in total. The van der Waals surface area contributed by atoms with Gasteiger partial charge in [-0.25, -0.2) is 0 Å². The number of esters is 1. The van der Waals surface area contributed by atoms with E-state index >= 15 is 0 Å². The summed E-state index contributed by atoms with van der Waals surface area (Å²) in [6, 6.07) is 0. The summed E-state index contributed by atoms with van der Waals surface area (Å²) in [4.78, 5) is 37.8. The predicted octanol–water partition coefficient (Wildman–Crippen LogP) is 1.91. The van der Waals surface area contributed by atoms with Gasteiger partial charge in [-0.1, -0.05) is 6.58 Å². The first kappa shape index (κ1) is 23.7. The summed E-state index contributed by atoms with van der Waals surface area (Å²) in [5, 5.41) is 8.70. The fourth-order valence-electron chi connectivity index (χ4n) is 2.33. The van der Waals surface area contributed by atoms with Gasteiger partial charge in [0.25, 0.3) is 0 Å². The Bertz CT molecular complexity index is 462. The monoisotopic (exact) mass is 373 g/mol. The zero-order valence-electron chi connectivity index (χ0n) is 15.7. The van der Waals surface area contributed by atoms with Crippen LogP contribution in [-0.2, 0) is 19.1 Å². The Balaban J connectivity index is 4.67. The molecule has 6 nitrogen and oxygen atoms in total. The first-order valence-corrected chi connectivity index (χ1v) is 9.53. The van der Waals surface area contributed by atoms with Crippen molar-refractivity contribution in [3.63, 3.8) is 0 Å². The maximum Gasteiger partial charge on any atom is 0.311 e. The average molecular weight is 374 g/mol. The lowest BCUT2D eigenvalue weighted by atomic mass is 9.80. The minimum Gasteiger partial charge on any atom is -0.465 e. The van der Waals surface area contributed by atoms with Crippen LogP contribution in [0.2, 0.25) is 0 Å². The van der Waals surface area contributed by atoms with Crippen molar-refractivity contribution in [1.82, 2.24) is 4.90 Å². The number of allylic oxidation sites excluding steroid dienone is 1. The number of thioether (sulfide) groups is 1. The van der Waals surface area contributed by atoms with E-state index in [9.17, 15) is 14.4 Å². The summed E-state index contributed by atoms with van der Waals surface area (Å²) in [6.45, 7) is 7.33. The van der Waals surface area contributed by atoms with Gasteiger partial charge in [-0.3, -0.25) is 14.4 Å². The molecule has 0 radical (unpaired) electrons. The molecule has 0 aromatic carbocycles. The van der Waals surface area contributed by atoms with Crippen molar-refractivity contribution in [2.75, 3.05) is 38.8 Å². The lowest BCUT2D eigenvalue weighted by Gasteiger charge is -2.28. The molecule has 0 aromatic rings. The fourth-order valence-corrected chi connectivity index (χ4v) is 2.98. The number of hydrogen-bond donors (Lipinski definition) is 1. The summed E-state index contributed by atoms with van der Waals surface area (Å²) in [7, 11) is 3.26. The Hall–Kier alpha value is -1.34. The molecule has 144 valence electrons. The SMILES string of the molecule is C=CC(=O)CC(CC(C)(C)C(=O)OCCCSCCO)C(=O)N(C)C. The van der Waals surface area contributed by atoms with E-state index in [1.165, 1.54) is 11.0 Å². The van der Waals surface area contributed by atoms with Crippen LogP contribution in [0, 0.1) is 11.3 Å². The Morgan fingerprint density at radius 3 is 2.44 bits per heavy atom. The maximum atomic E-state index is 12.3. The number of hydrogen-bond acceptors (Lipinski definition) is 6. The summed E-state index contributed by atoms with van der Waals surface area (Å²) in [5.41, 5.74) is -0.865. The smallest absolute Gasteiger partial charge is 0.311 e. The number of carbonyl (C=O) groups excluding carboxylic acids is 3. The first-order valence-electron chi connectivity index (χ1n) is 8.38. The maximum absolute atomic E-state index is 12.3. The van der Waals surface area contributed by atoms with Gasteiger partial charge in [-0.2, -0.15) is 11.8 Å². The highest BCUT2D eigenvalue weighted by molar-refractivity contribution is 7.99. The summed E-state index contributed by atoms with van der Waals surface area (Å²) < 4.78 is 5.31. The van der Waals surface area contributed by atoms with Gasteiger partial charge in [-0.05, 0) is 38.5 Å². The van der Waals surface area contributed by atoms with Gasteiger partial charge in [-0.15, -0.1) is 0 Å². The van der Waals surface area contributed by atoms with Crippen molar-refractivity contribution in [3.8, 4) is 0 Å². The van der Waals surface area contributed by atoms with Crippen molar-refractivity contribution >= 4 is 29.4 Å². The van der Waals surface area contributed by atoms with Gasteiger partial charge in [0.15, 0.2) is 5.78 Å². The average Bonchev–Trinajstić information content (AvgIpc) is 2.55. The number of carbonyl (C=O) groups is 3. The van der Waals surface area contributed by atoms with Crippen LogP contribution in [0.5, 0.6) is 0 Å². The van der Waals surface area contributed by atoms with Crippen LogP contribution in [0.25, 0.3) is 0 Å². The lowest BCUT2D eigenvalue weighted by molar-refractivity contribution is -0.156. The van der Waals surface area contributed by atoms with E-state index in [1.807, 2.05) is 0 Å². The third kappa shape index (κ3) is 9.65. The van der Waals surface area contributed by atoms with E-state index in [0.29, 0.717) is 18.8 Å². The molecule has 1 unspecified atom stereocenters. The second kappa shape index (κ2) is 12.1. The van der Waals surface area contributed by atoms with E-state index in [0.717, 1.165) is 5.75 Å². The molecule has 0 bridgehead atoms. The molecule has 25 heavy (non-hydrogen) atoms. The molecule has 0 heterocycles. The number of ether oxygens (including phenoxy) is 1. The van der Waals surface area contributed by atoms with Crippen molar-refractivity contribution in [2.45, 2.75) is 33.1 Å². The Morgan fingerprint density at radius 2 is 1.92 bits per heavy atom. The second-order valence-electron chi connectivity index (χ2n) is 6.72. The van der Waals surface area contributed by atoms with Crippen molar-refractivity contribution in [1.29, 1.82) is 0 Å². The quantitative estimate of drug-likeness (QED) is 0.302. The van der Waals surface area contributed by atoms with Crippen LogP contribution in [0.3, 0.4) is 0 Å². The second-order valence-corrected chi connectivity index (χ2v) is 7.94. The molecule has 0 saturated heterocycles. The Labute approximate surface area is 155 Å². The van der Waals surface area contributed by atoms with Crippen LogP contribution in [0.15, 0.2) is 12.7 Å². The zero-order valence-corrected chi connectivity index (χ0v) is 16.6. The van der Waals surface area contributed by atoms with Gasteiger partial charge >= 0.3 is 5.97 Å². The summed E-state index contributed by atoms with van der Waals surface area (Å²) >= 11 is 1.60. The van der Waals surface area contributed by atoms with Gasteiger partial charge in [0.05, 0.1) is 18.6 Å². The fraction of sp³-hybridized carbons (Fsp3) is 0.722. The Kier molecular flexibility index (Phi) is 11.4. The van der Waals surface area contributed by atoms with Crippen molar-refractivity contribution in [2.24, 2.45) is 11.3 Å². The van der Waals surface area contributed by atoms with E-state index in [4.69, 9.17) is 9.84 Å². The topological polar surface area (TPSA) is 83.9 Å². The molecule has 1 amide bonds. The molecule has 0 rings (SSSR count). The number of amides is 1. The van der Waals surface area contributed by atoms with Gasteiger partial charge in [0, 0.05) is 32.2 Å². The lowest BCUT2D eigenvalue weighted by Crippen LogP contribution is -2.37. The van der Waals surface area contributed by atoms with Crippen LogP contribution < -0.4 is 0 Å². The molecule has 7 heteroatoms. The number of nitrogens with zero attached hydrogens (tertiary/aromatic N) is 1. The third-order valence-electron chi connectivity index (χ3n) is 3.68. The van der Waals surface area contributed by atoms with Crippen molar-refractivity contribution < 1.29 is 24.2 Å². The summed E-state index contributed by atoms with van der Waals surface area (Å²) in [5.74, 6) is 0.127. The molecule has 0 spiro atoms. The minimum atomic E-state index is -0.865. The highest BCUT2D eigenvalue weighted by atomic mass is 32.2. The highest BCUT2D eigenvalue weighted by Gasteiger charge is 2.36. The van der Waals surface area contributed by atoms with Gasteiger partial charge in [0.2, 0.25) is 5.91 Å². The zero-order chi connectivity index (χ0) is 19.5. The van der Waals surface area contributed by atoms with Crippen LogP contribution in [0.4, 0.5) is 0 Å². The predicted molar refractivity (Wildman–Crippen MR) is 100 cm³/mol. The van der Waals surface area contributed by atoms with Crippen LogP contribution >= 0.6 is 11.8 Å². The van der Waals surface area contributed by atoms with Crippen LogP contribution in [0.1, 0.15) is 33.1 Å². The van der Waals surface area contributed by atoms with E-state index in [2.05, 4.69) is 6.58 Å². The normalized spacial score (nSPS) is 12.4. The largest absolute Gasteiger partial charge is 0.465 e. The van der Waals surface area contributed by atoms with E-state index in [1.54, 1.807) is 39.7 Å². The minimum absolute atomic E-state index is 0.0367. The molecule has 0 aliphatic rings. The number of rotatable bonds is 13.